The van der Waals surface area contributed by atoms with E-state index in [-0.39, 0.29) is 6.35 Å². The molecule has 0 aliphatic rings. The molecule has 0 bridgehead atoms. The third-order valence-electron chi connectivity index (χ3n) is 2.90. The molecule has 20 heavy (non-hydrogen) atoms. The largest absolute Gasteiger partial charge is 0.368 e. The molecule has 0 aromatic rings. The van der Waals surface area contributed by atoms with Gasteiger partial charge in [-0.15, -0.1) is 0 Å². The molecule has 0 aliphatic heterocycles. The first-order valence-corrected chi connectivity index (χ1v) is 8.72. The molecule has 0 amide bonds. The van der Waals surface area contributed by atoms with Crippen LogP contribution in [0.25, 0.3) is 0 Å². The number of hydrogen-bond donors (Lipinski definition) is 1. The van der Waals surface area contributed by atoms with Crippen LogP contribution < -0.4 is 0 Å². The molecular formula is C16H29O3P. The van der Waals surface area contributed by atoms with Crippen LogP contribution in [0.3, 0.4) is 0 Å². The van der Waals surface area contributed by atoms with E-state index in [4.69, 9.17) is 9.63 Å². The third-order valence-corrected chi connectivity index (χ3v) is 3.35. The van der Waals surface area contributed by atoms with Gasteiger partial charge in [-0.25, -0.2) is 0 Å². The number of hydrogen-bond acceptors (Lipinski definition) is 2. The summed E-state index contributed by atoms with van der Waals surface area (Å²) in [5.74, 6) is 0. The van der Waals surface area contributed by atoms with Crippen molar-refractivity contribution in [3.05, 3.63) is 34.9 Å². The van der Waals surface area contributed by atoms with Crippen molar-refractivity contribution in [3.8, 4) is 0 Å². The van der Waals surface area contributed by atoms with Gasteiger partial charge in [0, 0.05) is 0 Å². The summed E-state index contributed by atoms with van der Waals surface area (Å²) >= 11 is 0. The van der Waals surface area contributed by atoms with Crippen LogP contribution in [0.1, 0.15) is 53.4 Å². The van der Waals surface area contributed by atoms with Crippen LogP contribution in [0.5, 0.6) is 0 Å². The van der Waals surface area contributed by atoms with Gasteiger partial charge in [0.25, 0.3) is 0 Å². The van der Waals surface area contributed by atoms with Crippen LogP contribution in [-0.2, 0) is 9.30 Å². The quantitative estimate of drug-likeness (QED) is 0.356. The fourth-order valence-corrected chi connectivity index (χ4v) is 1.98. The Morgan fingerprint density at radius 3 is 2.10 bits per heavy atom. The minimum absolute atomic E-state index is 0.0438. The van der Waals surface area contributed by atoms with Gasteiger partial charge in [-0.05, 0) is 53.4 Å². The molecule has 1 N–H and O–H groups in total. The Labute approximate surface area is 124 Å². The summed E-state index contributed by atoms with van der Waals surface area (Å²) in [5, 5.41) is 0. The Hall–Kier alpha value is -0.630. The predicted molar refractivity (Wildman–Crippen MR) is 87.5 cm³/mol. The molecule has 0 aromatic heterocycles. The van der Waals surface area contributed by atoms with E-state index in [9.17, 15) is 4.57 Å². The Morgan fingerprint density at radius 2 is 1.55 bits per heavy atom. The minimum atomic E-state index is -2.49. The van der Waals surface area contributed by atoms with Gasteiger partial charge in [0.1, 0.15) is 6.35 Å². The second-order valence-electron chi connectivity index (χ2n) is 5.37. The number of ether oxygens (including phenoxy) is 1. The van der Waals surface area contributed by atoms with Gasteiger partial charge in [0.05, 0.1) is 6.61 Å². The molecule has 0 aliphatic carbocycles. The molecule has 1 atom stereocenters. The monoisotopic (exact) mass is 300 g/mol. The number of allylic oxidation sites excluding steroid dienone is 5. The van der Waals surface area contributed by atoms with Crippen LogP contribution in [0, 0.1) is 0 Å². The molecule has 4 heteroatoms. The fraction of sp³-hybridized carbons (Fsp3) is 0.625. The smallest absolute Gasteiger partial charge is 0.214 e. The highest BCUT2D eigenvalue weighted by Gasteiger charge is 1.93. The molecule has 116 valence electrons. The van der Waals surface area contributed by atoms with Gasteiger partial charge in [0.2, 0.25) is 8.03 Å². The summed E-state index contributed by atoms with van der Waals surface area (Å²) in [7, 11) is -2.49. The summed E-state index contributed by atoms with van der Waals surface area (Å²) in [6.07, 6.45) is 10.8. The molecule has 3 nitrogen and oxygen atoms in total. The molecule has 1 unspecified atom stereocenters. The van der Waals surface area contributed by atoms with E-state index < -0.39 is 8.03 Å². The van der Waals surface area contributed by atoms with Crippen LogP contribution in [0.4, 0.5) is 0 Å². The zero-order valence-corrected chi connectivity index (χ0v) is 14.2. The van der Waals surface area contributed by atoms with Gasteiger partial charge in [-0.3, -0.25) is 4.57 Å². The lowest BCUT2D eigenvalue weighted by Crippen LogP contribution is -1.91. The first kappa shape index (κ1) is 19.4. The van der Waals surface area contributed by atoms with Gasteiger partial charge in [-0.2, -0.15) is 0 Å². The second-order valence-corrected chi connectivity index (χ2v) is 6.44. The van der Waals surface area contributed by atoms with Crippen molar-refractivity contribution in [2.45, 2.75) is 53.4 Å². The summed E-state index contributed by atoms with van der Waals surface area (Å²) in [5.41, 5.74) is 4.07. The van der Waals surface area contributed by atoms with Gasteiger partial charge >= 0.3 is 0 Å². The van der Waals surface area contributed by atoms with Gasteiger partial charge in [-0.1, -0.05) is 34.9 Å². The van der Waals surface area contributed by atoms with Crippen LogP contribution in [0.15, 0.2) is 34.9 Å². The molecule has 0 fully saturated rings. The molecule has 0 spiro atoms. The Balaban J connectivity index is 3.82. The van der Waals surface area contributed by atoms with Crippen molar-refractivity contribution >= 4 is 8.03 Å². The highest BCUT2D eigenvalue weighted by molar-refractivity contribution is 7.37. The lowest BCUT2D eigenvalue weighted by Gasteiger charge is -2.02. The molecule has 0 aromatic carbocycles. The highest BCUT2D eigenvalue weighted by Crippen LogP contribution is 2.13. The second kappa shape index (κ2) is 12.1. The Kier molecular flexibility index (Phi) is 11.8. The average molecular weight is 300 g/mol. The molecular weight excluding hydrogens is 271 g/mol. The van der Waals surface area contributed by atoms with Crippen molar-refractivity contribution in [1.82, 2.24) is 0 Å². The SMILES string of the molecule is CC(C)=CCC/C(C)=C/CC/C(C)=C/COC[PH](=O)O. The molecule has 0 heterocycles. The van der Waals surface area contributed by atoms with Crippen LogP contribution >= 0.6 is 8.03 Å². The maximum Gasteiger partial charge on any atom is 0.214 e. The highest BCUT2D eigenvalue weighted by atomic mass is 31.1. The molecule has 0 saturated carbocycles. The lowest BCUT2D eigenvalue weighted by molar-refractivity contribution is 0.203. The van der Waals surface area contributed by atoms with Gasteiger partial charge in [0.15, 0.2) is 0 Å². The molecule has 0 saturated heterocycles. The standard InChI is InChI=1S/C16H29O3P/c1-14(2)7-5-8-15(3)9-6-10-16(4)11-12-19-13-20(17)18/h7,9,11,20H,5-6,8,10,12-13H2,1-4H3,(H,17,18)/b15-9+,16-11+. The minimum Gasteiger partial charge on any atom is -0.368 e. The van der Waals surface area contributed by atoms with Crippen molar-refractivity contribution in [2.24, 2.45) is 0 Å². The van der Waals surface area contributed by atoms with E-state index in [1.807, 2.05) is 6.08 Å². The topological polar surface area (TPSA) is 46.5 Å². The summed E-state index contributed by atoms with van der Waals surface area (Å²) in [6, 6.07) is 0. The Bertz CT molecular complexity index is 377. The maximum atomic E-state index is 10.4. The summed E-state index contributed by atoms with van der Waals surface area (Å²) in [4.78, 5) is 8.61. The normalized spacial score (nSPS) is 14.2. The molecule has 0 rings (SSSR count). The summed E-state index contributed by atoms with van der Waals surface area (Å²) in [6.45, 7) is 8.93. The fourth-order valence-electron chi connectivity index (χ4n) is 1.69. The van der Waals surface area contributed by atoms with E-state index in [1.165, 1.54) is 16.7 Å². The summed E-state index contributed by atoms with van der Waals surface area (Å²) < 4.78 is 15.5. The maximum absolute atomic E-state index is 10.4. The van der Waals surface area contributed by atoms with E-state index in [2.05, 4.69) is 39.8 Å². The predicted octanol–water partition coefficient (Wildman–Crippen LogP) is 4.85. The van der Waals surface area contributed by atoms with Crippen molar-refractivity contribution in [2.75, 3.05) is 13.0 Å². The van der Waals surface area contributed by atoms with Crippen molar-refractivity contribution in [1.29, 1.82) is 0 Å². The van der Waals surface area contributed by atoms with E-state index in [0.717, 1.165) is 25.7 Å². The van der Waals surface area contributed by atoms with E-state index in [0.29, 0.717) is 6.61 Å². The van der Waals surface area contributed by atoms with E-state index in [1.54, 1.807) is 0 Å². The van der Waals surface area contributed by atoms with E-state index >= 15 is 0 Å². The van der Waals surface area contributed by atoms with Crippen LogP contribution in [0.2, 0.25) is 0 Å². The average Bonchev–Trinajstić information content (AvgIpc) is 2.34. The van der Waals surface area contributed by atoms with Gasteiger partial charge < -0.3 is 9.63 Å². The molecule has 0 radical (unpaired) electrons. The zero-order chi connectivity index (χ0) is 15.4. The first-order chi connectivity index (χ1) is 9.41. The zero-order valence-electron chi connectivity index (χ0n) is 13.2. The Morgan fingerprint density at radius 1 is 1.00 bits per heavy atom. The number of rotatable bonds is 10. The van der Waals surface area contributed by atoms with Crippen molar-refractivity contribution in [3.63, 3.8) is 0 Å². The van der Waals surface area contributed by atoms with Crippen LogP contribution in [-0.4, -0.2) is 17.8 Å². The van der Waals surface area contributed by atoms with Crippen molar-refractivity contribution < 1.29 is 14.2 Å². The first-order valence-electron chi connectivity index (χ1n) is 7.16. The third kappa shape index (κ3) is 13.8. The lowest BCUT2D eigenvalue weighted by atomic mass is 10.1.